The van der Waals surface area contributed by atoms with Gasteiger partial charge in [-0.25, -0.2) is 0 Å². The third-order valence-electron chi connectivity index (χ3n) is 15.9. The maximum atomic E-state index is 5.01. The molecule has 0 aliphatic rings. The van der Waals surface area contributed by atoms with Crippen molar-refractivity contribution in [2.75, 3.05) is 0 Å². The first-order valence-electron chi connectivity index (χ1n) is 28.5. The Morgan fingerprint density at radius 3 is 0.929 bits per heavy atom. The molecule has 11 aromatic carbocycles. The summed E-state index contributed by atoms with van der Waals surface area (Å²) in [4.78, 5) is 14.3. The molecule has 0 amide bonds. The molecule has 0 fully saturated rings. The fraction of sp³-hybridized carbons (Fsp3) is 0. The quantitative estimate of drug-likeness (QED) is 0.115. The van der Waals surface area contributed by atoms with Gasteiger partial charge in [0.05, 0.1) is 17.1 Å². The normalized spacial score (nSPS) is 11.1. The molecule has 0 N–H and O–H groups in total. The van der Waals surface area contributed by atoms with E-state index in [1.54, 1.807) is 0 Å². The predicted octanol–water partition coefficient (Wildman–Crippen LogP) is 21.5. The first kappa shape index (κ1) is 51.0. The molecule has 14 rings (SSSR count). The smallest absolute Gasteiger partial charge is 0.0708 e. The lowest BCUT2D eigenvalue weighted by atomic mass is 9.83. The Kier molecular flexibility index (Phi) is 14.1. The van der Waals surface area contributed by atoms with E-state index >= 15 is 0 Å². The summed E-state index contributed by atoms with van der Waals surface area (Å²) in [5, 5.41) is 0. The van der Waals surface area contributed by atoms with Gasteiger partial charge >= 0.3 is 0 Å². The Labute approximate surface area is 491 Å². The second-order valence-electron chi connectivity index (χ2n) is 21.1. The number of rotatable bonds is 13. The van der Waals surface area contributed by atoms with Crippen LogP contribution in [0.4, 0.5) is 0 Å². The molecule has 0 atom stereocenters. The summed E-state index contributed by atoms with van der Waals surface area (Å²) >= 11 is 0. The highest BCUT2D eigenvalue weighted by Gasteiger charge is 2.20. The molecule has 14 aromatic rings. The van der Waals surface area contributed by atoms with Gasteiger partial charge in [-0.15, -0.1) is 0 Å². The van der Waals surface area contributed by atoms with Gasteiger partial charge in [0, 0.05) is 35.3 Å². The summed E-state index contributed by atoms with van der Waals surface area (Å²) in [6.45, 7) is 0. The third kappa shape index (κ3) is 10.6. The van der Waals surface area contributed by atoms with E-state index in [1.807, 2.05) is 42.9 Å². The number of hydrogen-bond donors (Lipinski definition) is 0. The van der Waals surface area contributed by atoms with Gasteiger partial charge in [-0.3, -0.25) is 15.0 Å². The molecule has 0 aliphatic heterocycles. The number of pyridine rings is 3. The minimum atomic E-state index is 0.913. The lowest BCUT2D eigenvalue weighted by Gasteiger charge is -2.20. The van der Waals surface area contributed by atoms with Crippen molar-refractivity contribution in [1.82, 2.24) is 15.0 Å². The Hall–Kier alpha value is -11.1. The lowest BCUT2D eigenvalue weighted by molar-refractivity contribution is 1.33. The van der Waals surface area contributed by atoms with E-state index in [0.29, 0.717) is 0 Å². The van der Waals surface area contributed by atoms with Gasteiger partial charge < -0.3 is 0 Å². The molecule has 3 heteroatoms. The second-order valence-corrected chi connectivity index (χ2v) is 21.1. The summed E-state index contributed by atoms with van der Waals surface area (Å²) in [5.41, 5.74) is 28.7. The first-order valence-corrected chi connectivity index (χ1v) is 28.5. The lowest BCUT2D eigenvalue weighted by Crippen LogP contribution is -1.95. The van der Waals surface area contributed by atoms with Crippen molar-refractivity contribution in [2.24, 2.45) is 0 Å². The van der Waals surface area contributed by atoms with Crippen LogP contribution in [-0.2, 0) is 0 Å². The predicted molar refractivity (Wildman–Crippen MR) is 350 cm³/mol. The molecule has 0 aliphatic carbocycles. The van der Waals surface area contributed by atoms with Gasteiger partial charge in [0.2, 0.25) is 0 Å². The Bertz CT molecular complexity index is 4440. The van der Waals surface area contributed by atoms with Crippen LogP contribution in [0.3, 0.4) is 0 Å². The highest BCUT2D eigenvalue weighted by molar-refractivity contribution is 5.99. The van der Waals surface area contributed by atoms with Gasteiger partial charge in [0.1, 0.15) is 0 Å². The number of benzene rings is 11. The minimum absolute atomic E-state index is 0.913. The highest BCUT2D eigenvalue weighted by Crippen LogP contribution is 2.46. The first-order chi connectivity index (χ1) is 41.6. The average molecular weight is 1070 g/mol. The molecule has 0 bridgehead atoms. The largest absolute Gasteiger partial charge is 0.256 e. The number of hydrogen-bond acceptors (Lipinski definition) is 3. The van der Waals surface area contributed by atoms with E-state index in [2.05, 4.69) is 301 Å². The molecule has 0 radical (unpaired) electrons. The standard InChI is InChI=1S/C81H55N3/c1-4-18-56(19-5-1)59-30-32-62(33-31-59)77-54-67(81-55-66(46-49-84-81)58-22-8-3-9-23-58)43-45-76(77)78-53-65(57-20-6-2-7-21-57)42-44-75(78)70-51-68(73-26-12-10-24-71(73)60-34-38-63(39-35-60)79-28-14-16-47-82-79)50-69(52-70)74-27-13-11-25-72(74)61-36-40-64(41-37-61)80-29-15-17-48-83-80/h1-55H. The van der Waals surface area contributed by atoms with Crippen molar-refractivity contribution in [3.63, 3.8) is 0 Å². The van der Waals surface area contributed by atoms with Crippen LogP contribution in [0.1, 0.15) is 0 Å². The summed E-state index contributed by atoms with van der Waals surface area (Å²) in [5.74, 6) is 0. The van der Waals surface area contributed by atoms with Crippen LogP contribution in [0.2, 0.25) is 0 Å². The van der Waals surface area contributed by atoms with E-state index in [4.69, 9.17) is 4.98 Å². The zero-order valence-corrected chi connectivity index (χ0v) is 46.1. The van der Waals surface area contributed by atoms with Crippen LogP contribution < -0.4 is 0 Å². The summed E-state index contributed by atoms with van der Waals surface area (Å²) in [6, 6.07) is 114. The summed E-state index contributed by atoms with van der Waals surface area (Å²) < 4.78 is 0. The molecule has 394 valence electrons. The summed E-state index contributed by atoms with van der Waals surface area (Å²) in [6.07, 6.45) is 5.63. The average Bonchev–Trinajstić information content (AvgIpc) is 2.29. The van der Waals surface area contributed by atoms with Crippen LogP contribution in [0, 0.1) is 0 Å². The third-order valence-corrected chi connectivity index (χ3v) is 15.9. The van der Waals surface area contributed by atoms with Gasteiger partial charge in [-0.1, -0.05) is 249 Å². The van der Waals surface area contributed by atoms with Crippen molar-refractivity contribution in [2.45, 2.75) is 0 Å². The van der Waals surface area contributed by atoms with Crippen molar-refractivity contribution < 1.29 is 0 Å². The van der Waals surface area contributed by atoms with E-state index in [1.165, 1.54) is 11.1 Å². The van der Waals surface area contributed by atoms with E-state index in [9.17, 15) is 0 Å². The molecule has 3 nitrogen and oxygen atoms in total. The van der Waals surface area contributed by atoms with Gasteiger partial charge in [-0.05, 0) is 178 Å². The Balaban J connectivity index is 0.984. The second kappa shape index (κ2) is 23.2. The highest BCUT2D eigenvalue weighted by atomic mass is 14.7. The molecule has 0 saturated carbocycles. The van der Waals surface area contributed by atoms with Crippen molar-refractivity contribution in [3.05, 3.63) is 334 Å². The fourth-order valence-corrected chi connectivity index (χ4v) is 11.7. The number of aromatic nitrogens is 3. The monoisotopic (exact) mass is 1070 g/mol. The maximum Gasteiger partial charge on any atom is 0.0708 e. The Morgan fingerprint density at radius 1 is 0.131 bits per heavy atom. The van der Waals surface area contributed by atoms with Gasteiger partial charge in [0.25, 0.3) is 0 Å². The maximum absolute atomic E-state index is 5.01. The fourth-order valence-electron chi connectivity index (χ4n) is 11.7. The molecule has 3 heterocycles. The van der Waals surface area contributed by atoms with Crippen LogP contribution >= 0.6 is 0 Å². The van der Waals surface area contributed by atoms with Crippen LogP contribution in [0.15, 0.2) is 334 Å². The van der Waals surface area contributed by atoms with Crippen molar-refractivity contribution >= 4 is 0 Å². The Morgan fingerprint density at radius 2 is 0.452 bits per heavy atom. The van der Waals surface area contributed by atoms with Crippen LogP contribution in [-0.4, -0.2) is 15.0 Å². The summed E-state index contributed by atoms with van der Waals surface area (Å²) in [7, 11) is 0. The molecular formula is C81H55N3. The van der Waals surface area contributed by atoms with E-state index < -0.39 is 0 Å². The van der Waals surface area contributed by atoms with Crippen molar-refractivity contribution in [1.29, 1.82) is 0 Å². The van der Waals surface area contributed by atoms with Gasteiger partial charge in [0.15, 0.2) is 0 Å². The topological polar surface area (TPSA) is 38.7 Å². The minimum Gasteiger partial charge on any atom is -0.256 e. The molecule has 84 heavy (non-hydrogen) atoms. The zero-order valence-electron chi connectivity index (χ0n) is 46.1. The van der Waals surface area contributed by atoms with Crippen molar-refractivity contribution in [3.8, 4) is 145 Å². The van der Waals surface area contributed by atoms with Crippen LogP contribution in [0.25, 0.3) is 145 Å². The number of nitrogens with zero attached hydrogens (tertiary/aromatic N) is 3. The van der Waals surface area contributed by atoms with Crippen LogP contribution in [0.5, 0.6) is 0 Å². The molecular weight excluding hydrogens is 1010 g/mol. The molecule has 3 aromatic heterocycles. The molecule has 0 unspecified atom stereocenters. The van der Waals surface area contributed by atoms with Gasteiger partial charge in [-0.2, -0.15) is 0 Å². The zero-order chi connectivity index (χ0) is 56.0. The van der Waals surface area contributed by atoms with E-state index in [0.717, 1.165) is 134 Å². The molecule has 0 spiro atoms. The molecule has 0 saturated heterocycles. The SMILES string of the molecule is c1ccc(-c2ccc(-c3cc(-c4cc(-c5ccccc5)ccn4)ccc3-c3cc(-c4ccccc4)ccc3-c3cc(-c4ccccc4-c4ccc(-c5ccccn5)cc4)cc(-c4ccccc4-c4ccc(-c5ccccn5)cc4)c3)cc2)cc1. The van der Waals surface area contributed by atoms with E-state index in [-0.39, 0.29) is 0 Å².